The molecule has 180 valence electrons. The Morgan fingerprint density at radius 3 is 2.57 bits per heavy atom. The van der Waals surface area contributed by atoms with E-state index in [0.717, 1.165) is 12.0 Å². The number of aryl methyl sites for hydroxylation is 1. The summed E-state index contributed by atoms with van der Waals surface area (Å²) in [5.41, 5.74) is 2.00. The average molecular weight is 491 g/mol. The van der Waals surface area contributed by atoms with Crippen LogP contribution in [0.1, 0.15) is 53.7 Å². The molecule has 4 rings (SSSR count). The molecular formula is C27H26N2O5S. The molecule has 1 aliphatic rings. The van der Waals surface area contributed by atoms with Crippen LogP contribution in [0.25, 0.3) is 10.6 Å². The third kappa shape index (κ3) is 4.88. The summed E-state index contributed by atoms with van der Waals surface area (Å²) in [4.78, 5) is 44.8. The van der Waals surface area contributed by atoms with Crippen LogP contribution in [-0.2, 0) is 9.59 Å². The van der Waals surface area contributed by atoms with Gasteiger partial charge in [-0.2, -0.15) is 0 Å². The molecule has 1 atom stereocenters. The molecule has 8 heteroatoms. The highest BCUT2D eigenvalue weighted by molar-refractivity contribution is 7.17. The van der Waals surface area contributed by atoms with E-state index in [-0.39, 0.29) is 5.57 Å². The summed E-state index contributed by atoms with van der Waals surface area (Å²) < 4.78 is 5.22. The van der Waals surface area contributed by atoms with Crippen molar-refractivity contribution in [3.05, 3.63) is 82.1 Å². The zero-order valence-corrected chi connectivity index (χ0v) is 20.6. The predicted molar refractivity (Wildman–Crippen MR) is 133 cm³/mol. The van der Waals surface area contributed by atoms with Gasteiger partial charge < -0.3 is 14.7 Å². The van der Waals surface area contributed by atoms with E-state index in [4.69, 9.17) is 4.74 Å². The Morgan fingerprint density at radius 1 is 1.14 bits per heavy atom. The fraction of sp³-hybridized carbons (Fsp3) is 0.259. The Balaban J connectivity index is 1.78. The van der Waals surface area contributed by atoms with Crippen molar-refractivity contribution in [1.82, 2.24) is 9.88 Å². The molecule has 1 aromatic heterocycles. The van der Waals surface area contributed by atoms with E-state index in [1.165, 1.54) is 23.2 Å². The smallest absolute Gasteiger partial charge is 0.308 e. The highest BCUT2D eigenvalue weighted by Gasteiger charge is 2.44. The van der Waals surface area contributed by atoms with E-state index in [0.29, 0.717) is 39.9 Å². The summed E-state index contributed by atoms with van der Waals surface area (Å²) in [6.07, 6.45) is 1.54. The molecule has 0 bridgehead atoms. The second-order valence-corrected chi connectivity index (χ2v) is 9.31. The van der Waals surface area contributed by atoms with Gasteiger partial charge in [-0.1, -0.05) is 55.8 Å². The summed E-state index contributed by atoms with van der Waals surface area (Å²) in [7, 11) is 0. The molecule has 0 radical (unpaired) electrons. The maximum Gasteiger partial charge on any atom is 0.308 e. The van der Waals surface area contributed by atoms with Crippen LogP contribution < -0.4 is 4.74 Å². The highest BCUT2D eigenvalue weighted by atomic mass is 32.1. The van der Waals surface area contributed by atoms with Crippen molar-refractivity contribution in [1.29, 1.82) is 0 Å². The molecule has 0 saturated heterocycles. The Hall–Kier alpha value is -3.78. The summed E-state index contributed by atoms with van der Waals surface area (Å²) in [5.74, 6) is -1.75. The minimum atomic E-state index is -0.807. The molecule has 0 spiro atoms. The van der Waals surface area contributed by atoms with Crippen LogP contribution >= 0.6 is 11.3 Å². The number of ketones is 1. The van der Waals surface area contributed by atoms with Gasteiger partial charge in [0, 0.05) is 19.0 Å². The van der Waals surface area contributed by atoms with E-state index in [9.17, 15) is 19.5 Å². The maximum atomic E-state index is 13.8. The normalized spacial score (nSPS) is 15.6. The van der Waals surface area contributed by atoms with Gasteiger partial charge in [0.25, 0.3) is 5.91 Å². The molecule has 1 unspecified atom stereocenters. The van der Waals surface area contributed by atoms with Gasteiger partial charge in [-0.15, -0.1) is 11.3 Å². The molecule has 3 aromatic rings. The van der Waals surface area contributed by atoms with E-state index in [1.54, 1.807) is 31.2 Å². The molecule has 35 heavy (non-hydrogen) atoms. The fourth-order valence-corrected chi connectivity index (χ4v) is 5.16. The lowest BCUT2D eigenvalue weighted by Gasteiger charge is -2.27. The number of carbonyl (C=O) groups is 3. The number of rotatable bonds is 8. The van der Waals surface area contributed by atoms with Crippen LogP contribution in [0.2, 0.25) is 0 Å². The molecule has 0 saturated carbocycles. The number of unbranched alkanes of at least 4 members (excludes halogenated alkanes) is 1. The highest BCUT2D eigenvalue weighted by Crippen LogP contribution is 2.41. The maximum absolute atomic E-state index is 13.8. The predicted octanol–water partition coefficient (Wildman–Crippen LogP) is 5.42. The van der Waals surface area contributed by atoms with Gasteiger partial charge in [0.1, 0.15) is 10.8 Å². The number of ether oxygens (including phenoxy) is 1. The SMILES string of the molecule is CCCCN1C(=O)C(O)=C(C(=O)c2sc(-c3ccccc3)nc2C)C1c1cccc(OC(C)=O)c1. The Morgan fingerprint density at radius 2 is 1.89 bits per heavy atom. The molecule has 0 fully saturated rings. The molecule has 2 aromatic carbocycles. The molecule has 2 heterocycles. The number of Topliss-reactive ketones (excluding diaryl/α,β-unsaturated/α-hetero) is 1. The van der Waals surface area contributed by atoms with Crippen molar-refractivity contribution in [3.8, 4) is 16.3 Å². The number of aliphatic hydroxyl groups is 1. The monoisotopic (exact) mass is 490 g/mol. The van der Waals surface area contributed by atoms with Crippen molar-refractivity contribution in [2.45, 2.75) is 39.7 Å². The van der Waals surface area contributed by atoms with Crippen molar-refractivity contribution >= 4 is 29.0 Å². The number of hydrogen-bond acceptors (Lipinski definition) is 7. The van der Waals surface area contributed by atoms with Crippen LogP contribution in [0.15, 0.2) is 65.9 Å². The van der Waals surface area contributed by atoms with Crippen LogP contribution in [0, 0.1) is 6.92 Å². The Labute approximate surface area is 207 Å². The van der Waals surface area contributed by atoms with E-state index >= 15 is 0 Å². The molecule has 1 N–H and O–H groups in total. The topological polar surface area (TPSA) is 96.8 Å². The summed E-state index contributed by atoms with van der Waals surface area (Å²) in [6.45, 7) is 5.42. The van der Waals surface area contributed by atoms with Gasteiger partial charge in [0.05, 0.1) is 22.2 Å². The lowest BCUT2D eigenvalue weighted by atomic mass is 9.94. The van der Waals surface area contributed by atoms with Crippen molar-refractivity contribution in [3.63, 3.8) is 0 Å². The first-order chi connectivity index (χ1) is 16.8. The Kier molecular flexibility index (Phi) is 7.12. The van der Waals surface area contributed by atoms with Gasteiger partial charge >= 0.3 is 5.97 Å². The third-order valence-corrected chi connectivity index (χ3v) is 6.97. The molecule has 1 amide bonds. The van der Waals surface area contributed by atoms with Crippen LogP contribution in [0.3, 0.4) is 0 Å². The Bertz CT molecular complexity index is 1310. The first-order valence-electron chi connectivity index (χ1n) is 11.4. The van der Waals surface area contributed by atoms with Crippen LogP contribution in [-0.4, -0.2) is 39.2 Å². The molecule has 0 aliphatic carbocycles. The lowest BCUT2D eigenvalue weighted by Crippen LogP contribution is -2.32. The third-order valence-electron chi connectivity index (χ3n) is 5.76. The summed E-state index contributed by atoms with van der Waals surface area (Å²) >= 11 is 1.23. The van der Waals surface area contributed by atoms with E-state index in [2.05, 4.69) is 4.98 Å². The molecule has 1 aliphatic heterocycles. The molecule has 7 nitrogen and oxygen atoms in total. The second-order valence-electron chi connectivity index (χ2n) is 8.31. The van der Waals surface area contributed by atoms with Gasteiger partial charge in [-0.05, 0) is 31.0 Å². The largest absolute Gasteiger partial charge is 0.503 e. The number of carbonyl (C=O) groups excluding carboxylic acids is 3. The number of amides is 1. The average Bonchev–Trinajstić information content (AvgIpc) is 3.35. The second kappa shape index (κ2) is 10.2. The number of benzene rings is 2. The van der Waals surface area contributed by atoms with Crippen molar-refractivity contribution < 1.29 is 24.2 Å². The van der Waals surface area contributed by atoms with Crippen molar-refractivity contribution in [2.24, 2.45) is 0 Å². The summed E-state index contributed by atoms with van der Waals surface area (Å²) in [6, 6.07) is 15.4. The summed E-state index contributed by atoms with van der Waals surface area (Å²) in [5, 5.41) is 11.6. The fourth-order valence-electron chi connectivity index (χ4n) is 4.14. The number of nitrogens with zero attached hydrogens (tertiary/aromatic N) is 2. The number of aliphatic hydroxyl groups excluding tert-OH is 1. The minimum Gasteiger partial charge on any atom is -0.503 e. The number of thiazole rings is 1. The number of hydrogen-bond donors (Lipinski definition) is 1. The van der Waals surface area contributed by atoms with E-state index in [1.807, 2.05) is 37.3 Å². The quantitative estimate of drug-likeness (QED) is 0.257. The minimum absolute atomic E-state index is 0.0115. The van der Waals surface area contributed by atoms with E-state index < -0.39 is 29.5 Å². The van der Waals surface area contributed by atoms with Gasteiger partial charge in [0.2, 0.25) is 5.78 Å². The van der Waals surface area contributed by atoms with Gasteiger partial charge in [-0.3, -0.25) is 14.4 Å². The number of esters is 1. The first kappa shape index (κ1) is 24.3. The number of aromatic nitrogens is 1. The zero-order chi connectivity index (χ0) is 25.1. The van der Waals surface area contributed by atoms with Gasteiger partial charge in [0.15, 0.2) is 5.76 Å². The molecular weight excluding hydrogens is 464 g/mol. The standard InChI is InChI=1S/C27H26N2O5S/c1-4-5-14-29-22(19-12-9-13-20(15-19)34-17(3)30)21(24(32)27(29)33)23(31)25-16(2)28-26(35-25)18-10-7-6-8-11-18/h6-13,15,22,32H,4-5,14H2,1-3H3. The first-order valence-corrected chi connectivity index (χ1v) is 12.2. The van der Waals surface area contributed by atoms with Crippen LogP contribution in [0.5, 0.6) is 5.75 Å². The zero-order valence-electron chi connectivity index (χ0n) is 19.8. The van der Waals surface area contributed by atoms with Crippen LogP contribution in [0.4, 0.5) is 0 Å². The lowest BCUT2D eigenvalue weighted by molar-refractivity contribution is -0.132. The van der Waals surface area contributed by atoms with Crippen molar-refractivity contribution in [2.75, 3.05) is 6.54 Å². The van der Waals surface area contributed by atoms with Gasteiger partial charge in [-0.25, -0.2) is 4.98 Å².